The summed E-state index contributed by atoms with van der Waals surface area (Å²) in [6, 6.07) is 20.1. The van der Waals surface area contributed by atoms with Gasteiger partial charge in [-0.05, 0) is 73.2 Å². The third-order valence-electron chi connectivity index (χ3n) is 6.05. The number of rotatable bonds is 10. The van der Waals surface area contributed by atoms with Crippen molar-refractivity contribution in [3.8, 4) is 23.0 Å². The van der Waals surface area contributed by atoms with Crippen molar-refractivity contribution in [2.75, 3.05) is 34.0 Å². The second-order valence-electron chi connectivity index (χ2n) is 8.25. The predicted molar refractivity (Wildman–Crippen MR) is 138 cm³/mol. The maximum Gasteiger partial charge on any atom is 0.295 e. The number of aliphatic hydroxyl groups excluding tert-OH is 1. The summed E-state index contributed by atoms with van der Waals surface area (Å²) in [5, 5.41) is 11.2. The highest BCUT2D eigenvalue weighted by Gasteiger charge is 2.46. The van der Waals surface area contributed by atoms with Crippen LogP contribution in [-0.4, -0.2) is 55.7 Å². The minimum atomic E-state index is -0.818. The number of benzene rings is 3. The molecule has 0 radical (unpaired) electrons. The number of hydrogen-bond acceptors (Lipinski definition) is 7. The molecule has 1 unspecified atom stereocenters. The Balaban J connectivity index is 1.67. The van der Waals surface area contributed by atoms with Gasteiger partial charge in [0.15, 0.2) is 0 Å². The van der Waals surface area contributed by atoms with E-state index in [1.54, 1.807) is 87.0 Å². The Hall–Kier alpha value is -4.46. The molecule has 1 aliphatic rings. The van der Waals surface area contributed by atoms with Gasteiger partial charge in [-0.2, -0.15) is 0 Å². The minimum absolute atomic E-state index is 0.00635. The highest BCUT2D eigenvalue weighted by Crippen LogP contribution is 2.40. The third-order valence-corrected chi connectivity index (χ3v) is 6.05. The molecule has 1 N–H and O–H groups in total. The summed E-state index contributed by atoms with van der Waals surface area (Å²) in [5.74, 6) is 0.781. The summed E-state index contributed by atoms with van der Waals surface area (Å²) in [6.45, 7) is 2.65. The number of nitrogens with zero attached hydrogens (tertiary/aromatic N) is 1. The SMILES string of the molecule is CCOc1ccc(/C(O)=C2/C(=O)C(=O)N(CCOc3ccc(OC)cc3)C2c2cccc(OC)c2)cc1. The first-order valence-electron chi connectivity index (χ1n) is 11.9. The van der Waals surface area contributed by atoms with Crippen LogP contribution in [0.15, 0.2) is 78.4 Å². The van der Waals surface area contributed by atoms with E-state index in [0.29, 0.717) is 40.7 Å². The highest BCUT2D eigenvalue weighted by molar-refractivity contribution is 6.46. The summed E-state index contributed by atoms with van der Waals surface area (Å²) in [4.78, 5) is 27.8. The molecule has 3 aromatic rings. The van der Waals surface area contributed by atoms with Crippen molar-refractivity contribution in [2.45, 2.75) is 13.0 Å². The normalized spacial score (nSPS) is 16.5. The number of likely N-dealkylation sites (tertiary alicyclic amines) is 1. The molecule has 0 aromatic heterocycles. The van der Waals surface area contributed by atoms with Gasteiger partial charge < -0.3 is 29.0 Å². The van der Waals surface area contributed by atoms with Crippen molar-refractivity contribution < 1.29 is 33.6 Å². The van der Waals surface area contributed by atoms with E-state index in [-0.39, 0.29) is 24.5 Å². The average molecular weight is 504 g/mol. The van der Waals surface area contributed by atoms with Crippen LogP contribution in [0.2, 0.25) is 0 Å². The number of carbonyl (C=O) groups excluding carboxylic acids is 2. The van der Waals surface area contributed by atoms with E-state index in [1.165, 1.54) is 4.90 Å². The fraction of sp³-hybridized carbons (Fsp3) is 0.241. The molecule has 192 valence electrons. The first-order valence-corrected chi connectivity index (χ1v) is 11.9. The van der Waals surface area contributed by atoms with E-state index in [2.05, 4.69) is 0 Å². The van der Waals surface area contributed by atoms with Crippen molar-refractivity contribution in [3.05, 3.63) is 89.5 Å². The number of carbonyl (C=O) groups is 2. The fourth-order valence-electron chi connectivity index (χ4n) is 4.23. The molecule has 1 atom stereocenters. The zero-order valence-corrected chi connectivity index (χ0v) is 21.0. The molecule has 1 fully saturated rings. The molecule has 1 amide bonds. The van der Waals surface area contributed by atoms with Gasteiger partial charge in [-0.1, -0.05) is 12.1 Å². The van der Waals surface area contributed by atoms with Crippen LogP contribution in [0.1, 0.15) is 24.1 Å². The van der Waals surface area contributed by atoms with Crippen LogP contribution in [0, 0.1) is 0 Å². The van der Waals surface area contributed by atoms with E-state index < -0.39 is 17.7 Å². The van der Waals surface area contributed by atoms with E-state index in [9.17, 15) is 14.7 Å². The van der Waals surface area contributed by atoms with Gasteiger partial charge in [0.1, 0.15) is 35.4 Å². The lowest BCUT2D eigenvalue weighted by Crippen LogP contribution is -2.33. The van der Waals surface area contributed by atoms with Crippen LogP contribution in [0.5, 0.6) is 23.0 Å². The van der Waals surface area contributed by atoms with Gasteiger partial charge in [-0.3, -0.25) is 9.59 Å². The standard InChI is InChI=1S/C29H29NO7/c1-4-36-22-10-8-19(9-11-22)27(31)25-26(20-6-5-7-24(18-20)35-3)30(29(33)28(25)32)16-17-37-23-14-12-21(34-2)13-15-23/h5-15,18,26,31H,4,16-17H2,1-3H3/b27-25-. The summed E-state index contributed by atoms with van der Waals surface area (Å²) in [7, 11) is 3.12. The van der Waals surface area contributed by atoms with Crippen LogP contribution in [-0.2, 0) is 9.59 Å². The Morgan fingerprint density at radius 2 is 1.46 bits per heavy atom. The molecule has 0 bridgehead atoms. The lowest BCUT2D eigenvalue weighted by atomic mass is 9.95. The molecule has 1 aliphatic heterocycles. The smallest absolute Gasteiger partial charge is 0.295 e. The van der Waals surface area contributed by atoms with E-state index in [1.807, 2.05) is 6.92 Å². The van der Waals surface area contributed by atoms with Crippen LogP contribution >= 0.6 is 0 Å². The van der Waals surface area contributed by atoms with Gasteiger partial charge in [-0.25, -0.2) is 0 Å². The Morgan fingerprint density at radius 3 is 2.11 bits per heavy atom. The monoisotopic (exact) mass is 503 g/mol. The van der Waals surface area contributed by atoms with E-state index in [0.717, 1.165) is 0 Å². The molecule has 3 aromatic carbocycles. The highest BCUT2D eigenvalue weighted by atomic mass is 16.5. The Bertz CT molecular complexity index is 1280. The van der Waals surface area contributed by atoms with Gasteiger partial charge in [0.25, 0.3) is 11.7 Å². The predicted octanol–water partition coefficient (Wildman–Crippen LogP) is 4.60. The number of aliphatic hydroxyl groups is 1. The zero-order valence-electron chi connectivity index (χ0n) is 21.0. The molecule has 37 heavy (non-hydrogen) atoms. The molecule has 8 heteroatoms. The molecule has 8 nitrogen and oxygen atoms in total. The van der Waals surface area contributed by atoms with Crippen molar-refractivity contribution in [1.82, 2.24) is 4.90 Å². The number of Topliss-reactive ketones (excluding diaryl/α,β-unsaturated/α-hetero) is 1. The Kier molecular flexibility index (Phi) is 7.98. The summed E-state index contributed by atoms with van der Waals surface area (Å²) in [6.07, 6.45) is 0. The van der Waals surface area contributed by atoms with Crippen LogP contribution in [0.4, 0.5) is 0 Å². The van der Waals surface area contributed by atoms with E-state index >= 15 is 0 Å². The number of ketones is 1. The van der Waals surface area contributed by atoms with Crippen molar-refractivity contribution in [3.63, 3.8) is 0 Å². The molecule has 0 spiro atoms. The molecule has 0 saturated carbocycles. The number of methoxy groups -OCH3 is 2. The second kappa shape index (κ2) is 11.5. The van der Waals surface area contributed by atoms with Crippen molar-refractivity contribution >= 4 is 17.4 Å². The molecule has 1 heterocycles. The summed E-state index contributed by atoms with van der Waals surface area (Å²) in [5.41, 5.74) is 1.05. The maximum atomic E-state index is 13.2. The van der Waals surface area contributed by atoms with Gasteiger partial charge in [-0.15, -0.1) is 0 Å². The lowest BCUT2D eigenvalue weighted by Gasteiger charge is -2.25. The Labute approximate surface area is 215 Å². The lowest BCUT2D eigenvalue weighted by molar-refractivity contribution is -0.140. The first-order chi connectivity index (χ1) is 18.0. The number of ether oxygens (including phenoxy) is 4. The summed E-state index contributed by atoms with van der Waals surface area (Å²) < 4.78 is 21.8. The topological polar surface area (TPSA) is 94.5 Å². The number of amides is 1. The van der Waals surface area contributed by atoms with Gasteiger partial charge >= 0.3 is 0 Å². The van der Waals surface area contributed by atoms with Gasteiger partial charge in [0, 0.05) is 5.56 Å². The minimum Gasteiger partial charge on any atom is -0.507 e. The third kappa shape index (κ3) is 5.53. The summed E-state index contributed by atoms with van der Waals surface area (Å²) >= 11 is 0. The molecule has 4 rings (SSSR count). The molecular weight excluding hydrogens is 474 g/mol. The van der Waals surface area contributed by atoms with Gasteiger partial charge in [0.2, 0.25) is 0 Å². The fourth-order valence-corrected chi connectivity index (χ4v) is 4.23. The van der Waals surface area contributed by atoms with Crippen LogP contribution < -0.4 is 18.9 Å². The molecule has 1 saturated heterocycles. The van der Waals surface area contributed by atoms with Crippen LogP contribution in [0.3, 0.4) is 0 Å². The quantitative estimate of drug-likeness (QED) is 0.245. The largest absolute Gasteiger partial charge is 0.507 e. The molecule has 0 aliphatic carbocycles. The first kappa shape index (κ1) is 25.6. The van der Waals surface area contributed by atoms with E-state index in [4.69, 9.17) is 18.9 Å². The van der Waals surface area contributed by atoms with Crippen molar-refractivity contribution in [2.24, 2.45) is 0 Å². The van der Waals surface area contributed by atoms with Gasteiger partial charge in [0.05, 0.1) is 39.0 Å². The number of hydrogen-bond donors (Lipinski definition) is 1. The zero-order chi connectivity index (χ0) is 26.4. The molecular formula is C29H29NO7. The Morgan fingerprint density at radius 1 is 0.838 bits per heavy atom. The average Bonchev–Trinajstić information content (AvgIpc) is 3.18. The van der Waals surface area contributed by atoms with Crippen molar-refractivity contribution in [1.29, 1.82) is 0 Å². The maximum absolute atomic E-state index is 13.2. The second-order valence-corrected chi connectivity index (χ2v) is 8.25. The van der Waals surface area contributed by atoms with Crippen LogP contribution in [0.25, 0.3) is 5.76 Å².